The summed E-state index contributed by atoms with van der Waals surface area (Å²) in [5, 5.41) is 22.2. The topological polar surface area (TPSA) is 125 Å². The molecule has 9 nitrogen and oxygen atoms in total. The van der Waals surface area contributed by atoms with E-state index in [4.69, 9.17) is 16.3 Å². The van der Waals surface area contributed by atoms with Gasteiger partial charge in [0.1, 0.15) is 11.6 Å². The number of carboxylic acid groups (broad SMARTS) is 1. The molecule has 10 heteroatoms. The Morgan fingerprint density at radius 3 is 2.67 bits per heavy atom. The molecule has 208 valence electrons. The SMILES string of the molecule is O=C(CCNCc1ccc(OC2CCC2)c(Cl)c1)NCCCNc1nc2cc(C(=O)O)ccc2c2cnccc12. The minimum atomic E-state index is -0.997. The number of aromatic nitrogens is 2. The molecule has 0 radical (unpaired) electrons. The number of amides is 1. The van der Waals surface area contributed by atoms with Gasteiger partial charge in [0.05, 0.1) is 22.2 Å². The lowest BCUT2D eigenvalue weighted by Gasteiger charge is -2.26. The summed E-state index contributed by atoms with van der Waals surface area (Å²) in [6.07, 6.45) is 8.22. The molecule has 40 heavy (non-hydrogen) atoms. The molecule has 2 aromatic carbocycles. The van der Waals surface area contributed by atoms with Crippen LogP contribution in [0.25, 0.3) is 21.7 Å². The molecule has 2 aromatic heterocycles. The molecule has 1 fully saturated rings. The van der Waals surface area contributed by atoms with Gasteiger partial charge in [0.25, 0.3) is 0 Å². The molecule has 1 aliphatic rings. The van der Waals surface area contributed by atoms with E-state index >= 15 is 0 Å². The second-order valence-corrected chi connectivity index (χ2v) is 10.3. The number of nitrogens with zero attached hydrogens (tertiary/aromatic N) is 2. The van der Waals surface area contributed by atoms with Crippen LogP contribution in [-0.4, -0.2) is 52.7 Å². The van der Waals surface area contributed by atoms with Crippen molar-refractivity contribution in [1.82, 2.24) is 20.6 Å². The zero-order chi connectivity index (χ0) is 27.9. The van der Waals surface area contributed by atoms with Crippen molar-refractivity contribution in [2.45, 2.75) is 44.8 Å². The summed E-state index contributed by atoms with van der Waals surface area (Å²) in [6, 6.07) is 12.6. The van der Waals surface area contributed by atoms with Crippen LogP contribution in [0.5, 0.6) is 5.75 Å². The summed E-state index contributed by atoms with van der Waals surface area (Å²) in [7, 11) is 0. The van der Waals surface area contributed by atoms with Gasteiger partial charge in [0.15, 0.2) is 0 Å². The first kappa shape index (κ1) is 27.6. The highest BCUT2D eigenvalue weighted by Gasteiger charge is 2.20. The minimum Gasteiger partial charge on any atom is -0.489 e. The molecule has 1 aliphatic carbocycles. The molecule has 0 atom stereocenters. The predicted octanol–water partition coefficient (Wildman–Crippen LogP) is 5.16. The molecular weight excluding hydrogens is 530 g/mol. The summed E-state index contributed by atoms with van der Waals surface area (Å²) in [4.78, 5) is 32.5. The zero-order valence-corrected chi connectivity index (χ0v) is 22.8. The minimum absolute atomic E-state index is 0.0173. The third kappa shape index (κ3) is 6.78. The van der Waals surface area contributed by atoms with Crippen LogP contribution in [0.2, 0.25) is 5.02 Å². The number of nitrogens with one attached hydrogen (secondary N) is 3. The highest BCUT2D eigenvalue weighted by molar-refractivity contribution is 6.32. The second kappa shape index (κ2) is 12.9. The van der Waals surface area contributed by atoms with Gasteiger partial charge in [0.2, 0.25) is 5.91 Å². The number of benzene rings is 2. The normalized spacial score (nSPS) is 13.2. The smallest absolute Gasteiger partial charge is 0.335 e. The number of aromatic carboxylic acids is 1. The van der Waals surface area contributed by atoms with E-state index in [1.807, 2.05) is 24.3 Å². The largest absolute Gasteiger partial charge is 0.489 e. The lowest BCUT2D eigenvalue weighted by atomic mass is 9.96. The number of carboxylic acids is 1. The van der Waals surface area contributed by atoms with E-state index in [1.54, 1.807) is 30.6 Å². The quantitative estimate of drug-likeness (QED) is 0.130. The molecule has 1 amide bonds. The van der Waals surface area contributed by atoms with Crippen molar-refractivity contribution in [3.63, 3.8) is 0 Å². The maximum atomic E-state index is 12.3. The third-order valence-electron chi connectivity index (χ3n) is 7.01. The molecule has 0 bridgehead atoms. The number of hydrogen-bond acceptors (Lipinski definition) is 7. The molecule has 2 heterocycles. The number of carbonyl (C=O) groups is 2. The highest BCUT2D eigenvalue weighted by Crippen LogP contribution is 2.31. The molecular formula is C30H32ClN5O4. The summed E-state index contributed by atoms with van der Waals surface area (Å²) in [5.41, 5.74) is 1.81. The van der Waals surface area contributed by atoms with E-state index in [0.717, 1.165) is 40.3 Å². The fourth-order valence-electron chi connectivity index (χ4n) is 4.58. The first-order valence-corrected chi connectivity index (χ1v) is 13.9. The maximum Gasteiger partial charge on any atom is 0.335 e. The fourth-order valence-corrected chi connectivity index (χ4v) is 4.83. The average Bonchev–Trinajstić information content (AvgIpc) is 2.93. The van der Waals surface area contributed by atoms with Crippen molar-refractivity contribution >= 4 is 51.0 Å². The van der Waals surface area contributed by atoms with E-state index < -0.39 is 5.97 Å². The molecule has 0 aliphatic heterocycles. The molecule has 0 unspecified atom stereocenters. The lowest BCUT2D eigenvalue weighted by Crippen LogP contribution is -2.29. The Labute approximate surface area is 237 Å². The van der Waals surface area contributed by atoms with Crippen LogP contribution in [0.3, 0.4) is 0 Å². The standard InChI is InChI=1S/C30H32ClN5O4/c31-25-15-19(5-8-27(25)40-21-3-1-4-21)17-32-14-10-28(37)34-11-2-12-35-29-23-9-13-33-18-24(23)22-7-6-20(30(38)39)16-26(22)36-29/h5-9,13,15-16,18,21,32H,1-4,10-12,14,17H2,(H,34,37)(H,35,36)(H,38,39). The van der Waals surface area contributed by atoms with Gasteiger partial charge in [-0.15, -0.1) is 0 Å². The number of anilines is 1. The number of hydrogen-bond donors (Lipinski definition) is 4. The Morgan fingerprint density at radius 1 is 1.02 bits per heavy atom. The van der Waals surface area contributed by atoms with E-state index in [9.17, 15) is 14.7 Å². The van der Waals surface area contributed by atoms with Crippen LogP contribution in [0.15, 0.2) is 54.9 Å². The Kier molecular flexibility index (Phi) is 8.93. The Balaban J connectivity index is 1.04. The number of rotatable bonds is 13. The van der Waals surface area contributed by atoms with Crippen molar-refractivity contribution in [3.8, 4) is 5.75 Å². The van der Waals surface area contributed by atoms with Crippen LogP contribution in [0.1, 0.15) is 48.0 Å². The van der Waals surface area contributed by atoms with Crippen molar-refractivity contribution in [2.75, 3.05) is 25.0 Å². The molecule has 4 N–H and O–H groups in total. The first-order chi connectivity index (χ1) is 19.5. The summed E-state index contributed by atoms with van der Waals surface area (Å²) < 4.78 is 5.89. The van der Waals surface area contributed by atoms with Crippen molar-refractivity contribution in [2.24, 2.45) is 0 Å². The number of fused-ring (bicyclic) bond motifs is 3. The van der Waals surface area contributed by atoms with Gasteiger partial charge in [-0.05, 0) is 61.6 Å². The van der Waals surface area contributed by atoms with Crippen LogP contribution in [0, 0.1) is 0 Å². The third-order valence-corrected chi connectivity index (χ3v) is 7.31. The highest BCUT2D eigenvalue weighted by atomic mass is 35.5. The van der Waals surface area contributed by atoms with E-state index in [-0.39, 0.29) is 17.6 Å². The maximum absolute atomic E-state index is 12.3. The Morgan fingerprint density at radius 2 is 1.90 bits per heavy atom. The van der Waals surface area contributed by atoms with Crippen molar-refractivity contribution < 1.29 is 19.4 Å². The molecule has 0 spiro atoms. The molecule has 0 saturated heterocycles. The monoisotopic (exact) mass is 561 g/mol. The van der Waals surface area contributed by atoms with Gasteiger partial charge in [-0.3, -0.25) is 9.78 Å². The van der Waals surface area contributed by atoms with E-state index in [1.165, 1.54) is 6.42 Å². The van der Waals surface area contributed by atoms with Gasteiger partial charge in [-0.2, -0.15) is 0 Å². The second-order valence-electron chi connectivity index (χ2n) is 9.91. The van der Waals surface area contributed by atoms with Crippen molar-refractivity contribution in [3.05, 3.63) is 71.0 Å². The van der Waals surface area contributed by atoms with Gasteiger partial charge >= 0.3 is 5.97 Å². The lowest BCUT2D eigenvalue weighted by molar-refractivity contribution is -0.121. The molecule has 4 aromatic rings. The number of ether oxygens (including phenoxy) is 1. The van der Waals surface area contributed by atoms with Gasteiger partial charge in [-0.25, -0.2) is 9.78 Å². The van der Waals surface area contributed by atoms with Crippen molar-refractivity contribution in [1.29, 1.82) is 0 Å². The van der Waals surface area contributed by atoms with Gasteiger partial charge in [-0.1, -0.05) is 23.7 Å². The average molecular weight is 562 g/mol. The fraction of sp³-hybridized carbons (Fsp3) is 0.333. The Hall–Kier alpha value is -3.95. The number of carbonyl (C=O) groups excluding carboxylic acids is 1. The van der Waals surface area contributed by atoms with E-state index in [2.05, 4.69) is 25.9 Å². The van der Waals surface area contributed by atoms with E-state index in [0.29, 0.717) is 55.4 Å². The molecule has 5 rings (SSSR count). The predicted molar refractivity (Wildman–Crippen MR) is 156 cm³/mol. The van der Waals surface area contributed by atoms with Gasteiger partial charge < -0.3 is 25.8 Å². The van der Waals surface area contributed by atoms with Crippen LogP contribution < -0.4 is 20.7 Å². The zero-order valence-electron chi connectivity index (χ0n) is 22.1. The summed E-state index contributed by atoms with van der Waals surface area (Å²) in [6.45, 7) is 2.30. The van der Waals surface area contributed by atoms with Crippen LogP contribution in [-0.2, 0) is 11.3 Å². The summed E-state index contributed by atoms with van der Waals surface area (Å²) in [5.74, 6) is 0.378. The number of pyridine rings is 2. The molecule has 1 saturated carbocycles. The van der Waals surface area contributed by atoms with Gasteiger partial charge in [0, 0.05) is 61.2 Å². The van der Waals surface area contributed by atoms with Crippen LogP contribution in [0.4, 0.5) is 5.82 Å². The first-order valence-electron chi connectivity index (χ1n) is 13.5. The number of halogens is 1. The summed E-state index contributed by atoms with van der Waals surface area (Å²) >= 11 is 6.36. The Bertz CT molecular complexity index is 1530. The van der Waals surface area contributed by atoms with Crippen LogP contribution >= 0.6 is 11.6 Å².